The van der Waals surface area contributed by atoms with E-state index in [-0.39, 0.29) is 17.1 Å². The van der Waals surface area contributed by atoms with E-state index in [1.807, 2.05) is 14.1 Å². The van der Waals surface area contributed by atoms with Crippen molar-refractivity contribution in [1.82, 2.24) is 4.90 Å². The summed E-state index contributed by atoms with van der Waals surface area (Å²) >= 11 is 14.8. The van der Waals surface area contributed by atoms with Crippen LogP contribution >= 0.6 is 36.0 Å². The van der Waals surface area contributed by atoms with E-state index in [1.165, 1.54) is 0 Å². The van der Waals surface area contributed by atoms with Gasteiger partial charge in [-0.2, -0.15) is 0 Å². The first-order chi connectivity index (χ1) is 6.56. The SMILES string of the molecule is CN(C)COC(=S)OC(=S)OCCCl. The Kier molecular flexibility index (Phi) is 8.07. The molecule has 0 amide bonds. The Bertz CT molecular complexity index is 201. The maximum atomic E-state index is 5.37. The maximum absolute atomic E-state index is 5.37. The molecule has 7 heteroatoms. The van der Waals surface area contributed by atoms with E-state index in [2.05, 4.69) is 0 Å². The van der Waals surface area contributed by atoms with E-state index in [1.54, 1.807) is 4.90 Å². The van der Waals surface area contributed by atoms with Gasteiger partial charge in [-0.15, -0.1) is 11.6 Å². The van der Waals surface area contributed by atoms with Gasteiger partial charge in [0.2, 0.25) is 0 Å². The Balaban J connectivity index is 3.55. The molecular formula is C7H12ClNO3S2. The molecule has 0 aliphatic carbocycles. The normalized spacial score (nSPS) is 9.71. The number of thiocarbonyl (C=S) groups is 2. The van der Waals surface area contributed by atoms with E-state index in [0.717, 1.165) is 0 Å². The average Bonchev–Trinajstić information content (AvgIpc) is 2.11. The fourth-order valence-corrected chi connectivity index (χ4v) is 0.848. The second-order valence-corrected chi connectivity index (χ2v) is 3.54. The third kappa shape index (κ3) is 8.43. The fraction of sp³-hybridized carbons (Fsp3) is 0.714. The summed E-state index contributed by atoms with van der Waals surface area (Å²) in [6.45, 7) is 0.619. The number of ether oxygens (including phenoxy) is 3. The fourth-order valence-electron chi connectivity index (χ4n) is 0.431. The van der Waals surface area contributed by atoms with Crippen molar-refractivity contribution in [2.45, 2.75) is 0 Å². The van der Waals surface area contributed by atoms with Crippen molar-refractivity contribution in [3.05, 3.63) is 0 Å². The highest BCUT2D eigenvalue weighted by Gasteiger charge is 2.05. The summed E-state index contributed by atoms with van der Waals surface area (Å²) in [5.74, 6) is 0.342. The van der Waals surface area contributed by atoms with Gasteiger partial charge in [0.1, 0.15) is 13.3 Å². The molecule has 0 aromatic rings. The molecule has 0 spiro atoms. The molecule has 0 N–H and O–H groups in total. The van der Waals surface area contributed by atoms with Crippen molar-refractivity contribution < 1.29 is 14.2 Å². The maximum Gasteiger partial charge on any atom is 0.362 e. The van der Waals surface area contributed by atoms with Gasteiger partial charge in [0.05, 0.1) is 5.88 Å². The van der Waals surface area contributed by atoms with Gasteiger partial charge in [0, 0.05) is 24.4 Å². The third-order valence-electron chi connectivity index (χ3n) is 0.904. The first-order valence-electron chi connectivity index (χ1n) is 3.78. The molecule has 0 radical (unpaired) electrons. The number of halogens is 1. The summed E-state index contributed by atoms with van der Waals surface area (Å²) in [5, 5.41) is -0.132. The summed E-state index contributed by atoms with van der Waals surface area (Å²) in [6.07, 6.45) is 0. The summed E-state index contributed by atoms with van der Waals surface area (Å²) in [7, 11) is 3.68. The number of nitrogens with zero attached hydrogens (tertiary/aromatic N) is 1. The van der Waals surface area contributed by atoms with Crippen molar-refractivity contribution in [3.8, 4) is 0 Å². The molecule has 4 nitrogen and oxygen atoms in total. The Hall–Kier alpha value is -0.170. The highest BCUT2D eigenvalue weighted by atomic mass is 35.5. The van der Waals surface area contributed by atoms with Crippen LogP contribution < -0.4 is 0 Å². The Morgan fingerprint density at radius 2 is 1.79 bits per heavy atom. The Morgan fingerprint density at radius 1 is 1.21 bits per heavy atom. The zero-order chi connectivity index (χ0) is 11.0. The number of hydrogen-bond acceptors (Lipinski definition) is 6. The summed E-state index contributed by atoms with van der Waals surface area (Å²) < 4.78 is 14.7. The molecular weight excluding hydrogens is 246 g/mol. The monoisotopic (exact) mass is 257 g/mol. The lowest BCUT2D eigenvalue weighted by atomic mass is 10.9. The van der Waals surface area contributed by atoms with E-state index in [4.69, 9.17) is 50.2 Å². The predicted octanol–water partition coefficient (Wildman–Crippen LogP) is 1.36. The van der Waals surface area contributed by atoms with E-state index < -0.39 is 0 Å². The van der Waals surface area contributed by atoms with Crippen LogP contribution in [-0.2, 0) is 14.2 Å². The van der Waals surface area contributed by atoms with Crippen LogP contribution in [0.1, 0.15) is 0 Å². The molecule has 0 aromatic carbocycles. The predicted molar refractivity (Wildman–Crippen MR) is 62.6 cm³/mol. The molecule has 0 fully saturated rings. The summed E-state index contributed by atoms with van der Waals surface area (Å²) in [5.41, 5.74) is 0. The summed E-state index contributed by atoms with van der Waals surface area (Å²) in [4.78, 5) is 1.79. The lowest BCUT2D eigenvalue weighted by molar-refractivity contribution is 0.130. The largest absolute Gasteiger partial charge is 0.455 e. The highest BCUT2D eigenvalue weighted by Crippen LogP contribution is 1.93. The third-order valence-corrected chi connectivity index (χ3v) is 1.46. The van der Waals surface area contributed by atoms with E-state index >= 15 is 0 Å². The Labute approximate surface area is 99.1 Å². The minimum atomic E-state index is -0.0746. The molecule has 0 bridgehead atoms. The van der Waals surface area contributed by atoms with Crippen LogP contribution in [0.3, 0.4) is 0 Å². The van der Waals surface area contributed by atoms with Crippen LogP contribution in [0.15, 0.2) is 0 Å². The average molecular weight is 258 g/mol. The van der Waals surface area contributed by atoms with Gasteiger partial charge in [-0.3, -0.25) is 4.90 Å². The first-order valence-corrected chi connectivity index (χ1v) is 5.13. The van der Waals surface area contributed by atoms with Crippen LogP contribution in [-0.4, -0.2) is 48.7 Å². The standard InChI is InChI=1S/C7H12ClNO3S2/c1-9(2)5-11-7(14)12-6(13)10-4-3-8/h3-5H2,1-2H3. The van der Waals surface area contributed by atoms with Crippen LogP contribution in [0.2, 0.25) is 0 Å². The number of hydrogen-bond donors (Lipinski definition) is 0. The first kappa shape index (κ1) is 13.8. The van der Waals surface area contributed by atoms with Crippen molar-refractivity contribution in [1.29, 1.82) is 0 Å². The molecule has 14 heavy (non-hydrogen) atoms. The molecule has 0 atom stereocenters. The number of rotatable bonds is 4. The quantitative estimate of drug-likeness (QED) is 0.430. The van der Waals surface area contributed by atoms with Gasteiger partial charge in [0.25, 0.3) is 0 Å². The van der Waals surface area contributed by atoms with Crippen LogP contribution in [0.4, 0.5) is 0 Å². The second kappa shape index (κ2) is 8.16. The lowest BCUT2D eigenvalue weighted by Gasteiger charge is -2.12. The van der Waals surface area contributed by atoms with Gasteiger partial charge in [-0.1, -0.05) is 0 Å². The van der Waals surface area contributed by atoms with Crippen molar-refractivity contribution in [2.24, 2.45) is 0 Å². The molecule has 0 unspecified atom stereocenters. The molecule has 0 saturated carbocycles. The van der Waals surface area contributed by atoms with Gasteiger partial charge < -0.3 is 14.2 Å². The van der Waals surface area contributed by atoms with Gasteiger partial charge in [-0.05, 0) is 14.1 Å². The zero-order valence-electron chi connectivity index (χ0n) is 7.99. The number of alkyl halides is 1. The molecule has 0 saturated heterocycles. The van der Waals surface area contributed by atoms with Crippen LogP contribution in [0.5, 0.6) is 0 Å². The van der Waals surface area contributed by atoms with Crippen LogP contribution in [0.25, 0.3) is 0 Å². The summed E-state index contributed by atoms with van der Waals surface area (Å²) in [6, 6.07) is 0. The van der Waals surface area contributed by atoms with Crippen molar-refractivity contribution in [2.75, 3.05) is 33.3 Å². The van der Waals surface area contributed by atoms with E-state index in [9.17, 15) is 0 Å². The molecule has 0 rings (SSSR count). The molecule has 0 aliphatic rings. The van der Waals surface area contributed by atoms with Crippen LogP contribution in [0, 0.1) is 0 Å². The Morgan fingerprint density at radius 3 is 2.29 bits per heavy atom. The molecule has 0 aliphatic heterocycles. The second-order valence-electron chi connectivity index (χ2n) is 2.49. The zero-order valence-corrected chi connectivity index (χ0v) is 10.4. The molecule has 0 heterocycles. The van der Waals surface area contributed by atoms with Gasteiger partial charge in [0.15, 0.2) is 0 Å². The van der Waals surface area contributed by atoms with Crippen molar-refractivity contribution >= 4 is 46.5 Å². The van der Waals surface area contributed by atoms with Gasteiger partial charge in [-0.25, -0.2) is 0 Å². The minimum absolute atomic E-state index is 0.0572. The highest BCUT2D eigenvalue weighted by molar-refractivity contribution is 7.81. The van der Waals surface area contributed by atoms with E-state index in [0.29, 0.717) is 12.6 Å². The van der Waals surface area contributed by atoms with Crippen molar-refractivity contribution in [3.63, 3.8) is 0 Å². The minimum Gasteiger partial charge on any atom is -0.455 e. The smallest absolute Gasteiger partial charge is 0.362 e. The molecule has 0 aromatic heterocycles. The lowest BCUT2D eigenvalue weighted by Crippen LogP contribution is -2.22. The topological polar surface area (TPSA) is 30.9 Å². The van der Waals surface area contributed by atoms with Gasteiger partial charge >= 0.3 is 10.5 Å². The molecule has 82 valence electrons.